The maximum Gasteiger partial charge on any atom is 0.335 e. The van der Waals surface area contributed by atoms with Gasteiger partial charge in [-0.1, -0.05) is 0 Å². The van der Waals surface area contributed by atoms with Crippen LogP contribution < -0.4 is 4.74 Å². The van der Waals surface area contributed by atoms with E-state index in [1.807, 2.05) is 0 Å². The Kier molecular flexibility index (Phi) is 9.07. The zero-order valence-corrected chi connectivity index (χ0v) is 13.2. The van der Waals surface area contributed by atoms with Crippen LogP contribution in [0.1, 0.15) is 42.5 Å². The molecule has 1 aromatic rings. The van der Waals surface area contributed by atoms with Crippen molar-refractivity contribution in [3.63, 3.8) is 0 Å². The smallest absolute Gasteiger partial charge is 0.335 e. The van der Waals surface area contributed by atoms with Gasteiger partial charge in [0.25, 0.3) is 0 Å². The first kappa shape index (κ1) is 18.3. The number of ether oxygens (including phenoxy) is 2. The van der Waals surface area contributed by atoms with Crippen LogP contribution in [0.4, 0.5) is 0 Å². The number of hydrogen-bond donors (Lipinski definition) is 1. The molecule has 122 valence electrons. The van der Waals surface area contributed by atoms with Gasteiger partial charge in [-0.15, -0.1) is 11.6 Å². The van der Waals surface area contributed by atoms with Crippen LogP contribution in [0.5, 0.6) is 5.75 Å². The van der Waals surface area contributed by atoms with Gasteiger partial charge in [-0.05, 0) is 49.9 Å². The van der Waals surface area contributed by atoms with Gasteiger partial charge in [0, 0.05) is 5.88 Å². The molecule has 22 heavy (non-hydrogen) atoms. The number of aromatic carboxylic acids is 1. The molecule has 0 saturated carbocycles. The summed E-state index contributed by atoms with van der Waals surface area (Å²) in [7, 11) is 0. The minimum Gasteiger partial charge on any atom is -0.494 e. The van der Waals surface area contributed by atoms with Gasteiger partial charge in [-0.25, -0.2) is 4.79 Å². The molecule has 0 radical (unpaired) electrons. The average Bonchev–Trinajstić information content (AvgIpc) is 2.50. The zero-order chi connectivity index (χ0) is 16.2. The zero-order valence-electron chi connectivity index (χ0n) is 12.4. The second-order valence-electron chi connectivity index (χ2n) is 4.75. The third-order valence-corrected chi connectivity index (χ3v) is 3.16. The first-order chi connectivity index (χ1) is 10.6. The third-order valence-electron chi connectivity index (χ3n) is 2.97. The molecule has 5 nitrogen and oxygen atoms in total. The van der Waals surface area contributed by atoms with Crippen LogP contribution in [-0.2, 0) is 9.53 Å². The number of esters is 1. The summed E-state index contributed by atoms with van der Waals surface area (Å²) in [4.78, 5) is 21.7. The summed E-state index contributed by atoms with van der Waals surface area (Å²) < 4.78 is 10.5. The van der Waals surface area contributed by atoms with Gasteiger partial charge in [0.15, 0.2) is 0 Å². The van der Waals surface area contributed by atoms with E-state index in [1.54, 1.807) is 12.1 Å². The molecular weight excluding hydrogens is 308 g/mol. The lowest BCUT2D eigenvalue weighted by Gasteiger charge is -2.07. The highest BCUT2D eigenvalue weighted by molar-refractivity contribution is 6.18. The molecule has 1 rings (SSSR count). The normalized spacial score (nSPS) is 10.2. The molecule has 0 unspecified atom stereocenters. The Balaban J connectivity index is 2.01. The minimum atomic E-state index is -0.946. The predicted molar refractivity (Wildman–Crippen MR) is 83.7 cm³/mol. The van der Waals surface area contributed by atoms with E-state index in [1.165, 1.54) is 12.1 Å². The maximum absolute atomic E-state index is 11.0. The van der Waals surface area contributed by atoms with E-state index < -0.39 is 5.97 Å². The number of carbonyl (C=O) groups is 2. The summed E-state index contributed by atoms with van der Waals surface area (Å²) in [6.07, 6.45) is 3.95. The van der Waals surface area contributed by atoms with Crippen molar-refractivity contribution in [1.29, 1.82) is 0 Å². The largest absolute Gasteiger partial charge is 0.494 e. The van der Waals surface area contributed by atoms with E-state index in [4.69, 9.17) is 26.2 Å². The fourth-order valence-electron chi connectivity index (χ4n) is 1.78. The summed E-state index contributed by atoms with van der Waals surface area (Å²) in [5.74, 6) is -0.231. The standard InChI is InChI=1S/C16H21ClO5/c17-10-9-15(18)22-12-4-2-1-3-11-21-14-7-5-13(6-8-14)16(19)20/h5-8H,1-4,9-12H2,(H,19,20). The monoisotopic (exact) mass is 328 g/mol. The molecule has 1 N–H and O–H groups in total. The third kappa shape index (κ3) is 7.88. The SMILES string of the molecule is O=C(CCCl)OCCCCCCOc1ccc(C(=O)O)cc1. The molecule has 0 atom stereocenters. The first-order valence-electron chi connectivity index (χ1n) is 7.31. The summed E-state index contributed by atoms with van der Waals surface area (Å²) in [5, 5.41) is 8.78. The number of alkyl halides is 1. The molecule has 6 heteroatoms. The van der Waals surface area contributed by atoms with Crippen molar-refractivity contribution in [3.8, 4) is 5.75 Å². The van der Waals surface area contributed by atoms with Crippen molar-refractivity contribution < 1.29 is 24.2 Å². The Bertz CT molecular complexity index is 458. The topological polar surface area (TPSA) is 72.8 Å². The number of carbonyl (C=O) groups excluding carboxylic acids is 1. The van der Waals surface area contributed by atoms with Gasteiger partial charge in [0.2, 0.25) is 0 Å². The van der Waals surface area contributed by atoms with Gasteiger partial charge in [0.1, 0.15) is 5.75 Å². The molecule has 0 bridgehead atoms. The van der Waals surface area contributed by atoms with Crippen LogP contribution in [0.15, 0.2) is 24.3 Å². The average molecular weight is 329 g/mol. The molecule has 0 aliphatic heterocycles. The minimum absolute atomic E-state index is 0.246. The van der Waals surface area contributed by atoms with Crippen LogP contribution in [0.25, 0.3) is 0 Å². The van der Waals surface area contributed by atoms with Crippen molar-refractivity contribution in [3.05, 3.63) is 29.8 Å². The summed E-state index contributed by atoms with van der Waals surface area (Å²) in [5.41, 5.74) is 0.246. The Hall–Kier alpha value is -1.75. The number of rotatable bonds is 11. The van der Waals surface area contributed by atoms with E-state index in [2.05, 4.69) is 0 Å². The van der Waals surface area contributed by atoms with Crippen LogP contribution in [-0.4, -0.2) is 36.1 Å². The second kappa shape index (κ2) is 10.9. The van der Waals surface area contributed by atoms with E-state index in [0.29, 0.717) is 24.8 Å². The summed E-state index contributed by atoms with van der Waals surface area (Å²) >= 11 is 5.42. The Morgan fingerprint density at radius 1 is 1.00 bits per heavy atom. The molecule has 0 aliphatic rings. The quantitative estimate of drug-likeness (QED) is 0.382. The summed E-state index contributed by atoms with van der Waals surface area (Å²) in [6, 6.07) is 6.35. The highest BCUT2D eigenvalue weighted by atomic mass is 35.5. The molecule has 0 amide bonds. The first-order valence-corrected chi connectivity index (χ1v) is 7.84. The molecule has 0 fully saturated rings. The molecule has 0 aromatic heterocycles. The lowest BCUT2D eigenvalue weighted by atomic mass is 10.2. The van der Waals surface area contributed by atoms with Crippen LogP contribution in [0, 0.1) is 0 Å². The van der Waals surface area contributed by atoms with Gasteiger partial charge >= 0.3 is 11.9 Å². The van der Waals surface area contributed by atoms with Gasteiger partial charge in [-0.3, -0.25) is 4.79 Å². The Morgan fingerprint density at radius 3 is 2.23 bits per heavy atom. The van der Waals surface area contributed by atoms with Crippen LogP contribution in [0.3, 0.4) is 0 Å². The van der Waals surface area contributed by atoms with Crippen molar-refractivity contribution in [2.45, 2.75) is 32.1 Å². The van der Waals surface area contributed by atoms with Crippen LogP contribution >= 0.6 is 11.6 Å². The van der Waals surface area contributed by atoms with E-state index >= 15 is 0 Å². The number of hydrogen-bond acceptors (Lipinski definition) is 4. The lowest BCUT2D eigenvalue weighted by Crippen LogP contribution is -2.06. The van der Waals surface area contributed by atoms with Gasteiger partial charge in [0.05, 0.1) is 25.2 Å². The Morgan fingerprint density at radius 2 is 1.64 bits per heavy atom. The van der Waals surface area contributed by atoms with Crippen molar-refractivity contribution in [2.75, 3.05) is 19.1 Å². The molecule has 0 heterocycles. The lowest BCUT2D eigenvalue weighted by molar-refractivity contribution is -0.143. The predicted octanol–water partition coefficient (Wildman–Crippen LogP) is 3.50. The van der Waals surface area contributed by atoms with Crippen molar-refractivity contribution in [2.24, 2.45) is 0 Å². The van der Waals surface area contributed by atoms with Crippen molar-refractivity contribution in [1.82, 2.24) is 0 Å². The Labute approximate surface area is 135 Å². The molecule has 0 saturated heterocycles. The maximum atomic E-state index is 11.0. The number of carboxylic acids is 1. The molecule has 0 spiro atoms. The second-order valence-corrected chi connectivity index (χ2v) is 5.13. The van der Waals surface area contributed by atoms with Crippen LogP contribution in [0.2, 0.25) is 0 Å². The molecular formula is C16H21ClO5. The number of carboxylic acid groups (broad SMARTS) is 1. The highest BCUT2D eigenvalue weighted by Crippen LogP contribution is 2.13. The number of halogens is 1. The molecule has 0 aliphatic carbocycles. The number of unbranched alkanes of at least 4 members (excludes halogenated alkanes) is 3. The van der Waals surface area contributed by atoms with E-state index in [9.17, 15) is 9.59 Å². The fourth-order valence-corrected chi connectivity index (χ4v) is 1.93. The van der Waals surface area contributed by atoms with E-state index in [-0.39, 0.29) is 18.0 Å². The van der Waals surface area contributed by atoms with E-state index in [0.717, 1.165) is 25.7 Å². The highest BCUT2D eigenvalue weighted by Gasteiger charge is 2.02. The van der Waals surface area contributed by atoms with Gasteiger partial charge < -0.3 is 14.6 Å². The summed E-state index contributed by atoms with van der Waals surface area (Å²) in [6.45, 7) is 1.02. The number of benzene rings is 1. The molecule has 1 aromatic carbocycles. The van der Waals surface area contributed by atoms with Crippen molar-refractivity contribution >= 4 is 23.5 Å². The van der Waals surface area contributed by atoms with Gasteiger partial charge in [-0.2, -0.15) is 0 Å². The fraction of sp³-hybridized carbons (Fsp3) is 0.500.